The van der Waals surface area contributed by atoms with Crippen molar-refractivity contribution in [1.29, 1.82) is 0 Å². The van der Waals surface area contributed by atoms with Gasteiger partial charge in [-0.3, -0.25) is 0 Å². The highest BCUT2D eigenvalue weighted by molar-refractivity contribution is 5.40. The summed E-state index contributed by atoms with van der Waals surface area (Å²) in [4.78, 5) is 0. The summed E-state index contributed by atoms with van der Waals surface area (Å²) in [6, 6.07) is 8.15. The van der Waals surface area contributed by atoms with E-state index in [1.54, 1.807) is 0 Å². The van der Waals surface area contributed by atoms with Crippen LogP contribution < -0.4 is 5.73 Å². The van der Waals surface area contributed by atoms with Crippen molar-refractivity contribution < 1.29 is 9.84 Å². The Morgan fingerprint density at radius 3 is 2.71 bits per heavy atom. The third-order valence-electron chi connectivity index (χ3n) is 6.04. The van der Waals surface area contributed by atoms with Gasteiger partial charge in [0.05, 0.1) is 11.2 Å². The summed E-state index contributed by atoms with van der Waals surface area (Å²) >= 11 is 0. The van der Waals surface area contributed by atoms with Crippen LogP contribution in [-0.4, -0.2) is 17.3 Å². The predicted octanol–water partition coefficient (Wildman–Crippen LogP) is 3.02. The molecule has 3 heteroatoms. The van der Waals surface area contributed by atoms with E-state index in [-0.39, 0.29) is 17.6 Å². The Kier molecular flexibility index (Phi) is 3.14. The maximum Gasteiger partial charge on any atom is 0.0947 e. The summed E-state index contributed by atoms with van der Waals surface area (Å²) in [5.41, 5.74) is 7.77. The zero-order chi connectivity index (χ0) is 14.5. The minimum absolute atomic E-state index is 0.0337. The molecule has 3 nitrogen and oxygen atoms in total. The van der Waals surface area contributed by atoms with E-state index < -0.39 is 5.60 Å². The van der Waals surface area contributed by atoms with E-state index in [9.17, 15) is 5.11 Å². The normalized spacial score (nSPS) is 37.8. The molecule has 1 heterocycles. The van der Waals surface area contributed by atoms with Gasteiger partial charge < -0.3 is 15.6 Å². The second-order valence-electron chi connectivity index (χ2n) is 7.25. The first-order valence-corrected chi connectivity index (χ1v) is 8.34. The van der Waals surface area contributed by atoms with Crippen LogP contribution in [0.4, 0.5) is 0 Å². The van der Waals surface area contributed by atoms with E-state index in [4.69, 9.17) is 10.5 Å². The van der Waals surface area contributed by atoms with Crippen LogP contribution in [0.15, 0.2) is 24.3 Å². The smallest absolute Gasteiger partial charge is 0.0947 e. The van der Waals surface area contributed by atoms with Gasteiger partial charge >= 0.3 is 0 Å². The molecule has 3 aliphatic rings. The predicted molar refractivity (Wildman–Crippen MR) is 81.8 cm³/mol. The first-order chi connectivity index (χ1) is 10.1. The molecule has 4 rings (SSSR count). The summed E-state index contributed by atoms with van der Waals surface area (Å²) in [6.45, 7) is 0.782. The van der Waals surface area contributed by atoms with Gasteiger partial charge in [0.25, 0.3) is 0 Å². The number of ether oxygens (including phenoxy) is 1. The first kappa shape index (κ1) is 13.7. The zero-order valence-corrected chi connectivity index (χ0v) is 12.6. The number of benzene rings is 1. The third kappa shape index (κ3) is 2.06. The number of nitrogens with two attached hydrogens (primary N) is 1. The van der Waals surface area contributed by atoms with E-state index in [2.05, 4.69) is 12.1 Å². The highest BCUT2D eigenvalue weighted by Gasteiger charge is 2.51. The lowest BCUT2D eigenvalue weighted by Crippen LogP contribution is -2.45. The molecule has 1 aromatic carbocycles. The molecule has 1 saturated carbocycles. The molecule has 3 atom stereocenters. The number of fused-ring (bicyclic) bond motifs is 1. The molecule has 1 aromatic rings. The van der Waals surface area contributed by atoms with Crippen LogP contribution in [0.25, 0.3) is 0 Å². The average Bonchev–Trinajstić information content (AvgIpc) is 3.04. The molecule has 1 aliphatic heterocycles. The Balaban J connectivity index is 1.66. The largest absolute Gasteiger partial charge is 0.385 e. The standard InChI is InChI=1S/C18H25NO2/c19-16-12-18(20,15-6-2-1-5-14(15)16)13-7-10-21-17(11-13)8-3-4-9-17/h1-2,5-6,13,16,20H,3-4,7-12,19H2. The van der Waals surface area contributed by atoms with Crippen molar-refractivity contribution >= 4 is 0 Å². The monoisotopic (exact) mass is 287 g/mol. The Labute approximate surface area is 126 Å². The van der Waals surface area contributed by atoms with Crippen LogP contribution in [0.3, 0.4) is 0 Å². The molecule has 0 amide bonds. The third-order valence-corrected chi connectivity index (χ3v) is 6.04. The summed E-state index contributed by atoms with van der Waals surface area (Å²) in [6.07, 6.45) is 7.44. The van der Waals surface area contributed by atoms with Gasteiger partial charge in [-0.05, 0) is 49.1 Å². The zero-order valence-electron chi connectivity index (χ0n) is 12.6. The number of rotatable bonds is 1. The van der Waals surface area contributed by atoms with Crippen LogP contribution in [0.1, 0.15) is 62.1 Å². The van der Waals surface area contributed by atoms with E-state index in [0.29, 0.717) is 6.42 Å². The average molecular weight is 287 g/mol. The molecule has 0 bridgehead atoms. The fourth-order valence-corrected chi connectivity index (χ4v) is 4.96. The second kappa shape index (κ2) is 4.80. The van der Waals surface area contributed by atoms with Gasteiger partial charge in [0, 0.05) is 12.6 Å². The van der Waals surface area contributed by atoms with E-state index in [1.807, 2.05) is 12.1 Å². The van der Waals surface area contributed by atoms with Crippen LogP contribution >= 0.6 is 0 Å². The van der Waals surface area contributed by atoms with Gasteiger partial charge in [-0.2, -0.15) is 0 Å². The summed E-state index contributed by atoms with van der Waals surface area (Å²) in [5.74, 6) is 0.277. The Hall–Kier alpha value is -0.900. The SMILES string of the molecule is NC1CC(O)(C2CCOC3(CCCC3)C2)c2ccccc21. The number of hydrogen-bond donors (Lipinski definition) is 2. The minimum Gasteiger partial charge on any atom is -0.385 e. The van der Waals surface area contributed by atoms with Crippen molar-refractivity contribution in [3.8, 4) is 0 Å². The first-order valence-electron chi connectivity index (χ1n) is 8.34. The lowest BCUT2D eigenvalue weighted by Gasteiger charge is -2.44. The van der Waals surface area contributed by atoms with Crippen LogP contribution in [0.2, 0.25) is 0 Å². The van der Waals surface area contributed by atoms with Crippen LogP contribution in [-0.2, 0) is 10.3 Å². The topological polar surface area (TPSA) is 55.5 Å². The van der Waals surface area contributed by atoms with Crippen LogP contribution in [0, 0.1) is 5.92 Å². The van der Waals surface area contributed by atoms with Crippen molar-refractivity contribution in [2.24, 2.45) is 11.7 Å². The lowest BCUT2D eigenvalue weighted by molar-refractivity contribution is -0.144. The quantitative estimate of drug-likeness (QED) is 0.835. The Morgan fingerprint density at radius 1 is 1.14 bits per heavy atom. The number of hydrogen-bond acceptors (Lipinski definition) is 3. The molecule has 2 fully saturated rings. The minimum atomic E-state index is -0.755. The molecule has 114 valence electrons. The fourth-order valence-electron chi connectivity index (χ4n) is 4.96. The molecule has 1 spiro atoms. The molecule has 21 heavy (non-hydrogen) atoms. The molecule has 0 aromatic heterocycles. The van der Waals surface area contributed by atoms with Crippen molar-refractivity contribution in [2.75, 3.05) is 6.61 Å². The van der Waals surface area contributed by atoms with Crippen molar-refractivity contribution in [2.45, 2.75) is 62.2 Å². The Bertz CT molecular complexity index is 538. The summed E-state index contributed by atoms with van der Waals surface area (Å²) in [5, 5.41) is 11.4. The van der Waals surface area contributed by atoms with Gasteiger partial charge in [0.1, 0.15) is 0 Å². The maximum atomic E-state index is 11.4. The van der Waals surface area contributed by atoms with E-state index in [1.165, 1.54) is 12.8 Å². The molecule has 3 unspecified atom stereocenters. The summed E-state index contributed by atoms with van der Waals surface area (Å²) in [7, 11) is 0. The van der Waals surface area contributed by atoms with Crippen molar-refractivity contribution in [3.05, 3.63) is 35.4 Å². The van der Waals surface area contributed by atoms with Crippen LogP contribution in [0.5, 0.6) is 0 Å². The number of aliphatic hydroxyl groups is 1. The molecular formula is C18H25NO2. The van der Waals surface area contributed by atoms with E-state index in [0.717, 1.165) is 43.4 Å². The van der Waals surface area contributed by atoms with Crippen molar-refractivity contribution in [1.82, 2.24) is 0 Å². The lowest BCUT2D eigenvalue weighted by atomic mass is 9.72. The molecule has 2 aliphatic carbocycles. The second-order valence-corrected chi connectivity index (χ2v) is 7.25. The molecule has 1 saturated heterocycles. The van der Waals surface area contributed by atoms with Crippen molar-refractivity contribution in [3.63, 3.8) is 0 Å². The highest BCUT2D eigenvalue weighted by atomic mass is 16.5. The maximum absolute atomic E-state index is 11.4. The van der Waals surface area contributed by atoms with Gasteiger partial charge in [-0.1, -0.05) is 37.1 Å². The van der Waals surface area contributed by atoms with Gasteiger partial charge in [-0.15, -0.1) is 0 Å². The summed E-state index contributed by atoms with van der Waals surface area (Å²) < 4.78 is 6.13. The van der Waals surface area contributed by atoms with Gasteiger partial charge in [-0.25, -0.2) is 0 Å². The Morgan fingerprint density at radius 2 is 1.90 bits per heavy atom. The van der Waals surface area contributed by atoms with E-state index >= 15 is 0 Å². The molecule has 3 N–H and O–H groups in total. The van der Waals surface area contributed by atoms with Gasteiger partial charge in [0.2, 0.25) is 0 Å². The van der Waals surface area contributed by atoms with Gasteiger partial charge in [0.15, 0.2) is 0 Å². The molecule has 0 radical (unpaired) electrons. The highest BCUT2D eigenvalue weighted by Crippen LogP contribution is 2.53. The molecular weight excluding hydrogens is 262 g/mol. The fraction of sp³-hybridized carbons (Fsp3) is 0.667.